The Hall–Kier alpha value is -0.670. The molecule has 3 nitrogen and oxygen atoms in total. The molecule has 12 heavy (non-hydrogen) atoms. The number of carbonyl (C=O) groups excluding carboxylic acids is 1. The van der Waals surface area contributed by atoms with Gasteiger partial charge >= 0.3 is 0 Å². The number of hydrogen-bond donors (Lipinski definition) is 0. The molecule has 68 valence electrons. The fourth-order valence-corrected chi connectivity index (χ4v) is 1.29. The van der Waals surface area contributed by atoms with E-state index in [2.05, 4.69) is 18.4 Å². The molecule has 0 N–H and O–H groups in total. The zero-order chi connectivity index (χ0) is 8.97. The zero-order valence-corrected chi connectivity index (χ0v) is 7.45. The van der Waals surface area contributed by atoms with Crippen LogP contribution in [0.2, 0.25) is 0 Å². The second kappa shape index (κ2) is 4.38. The number of morpholine rings is 1. The molecule has 0 radical (unpaired) electrons. The van der Waals surface area contributed by atoms with Crippen molar-refractivity contribution in [3.63, 3.8) is 0 Å². The summed E-state index contributed by atoms with van der Waals surface area (Å²) in [5.74, 6) is -0.00634. The van der Waals surface area contributed by atoms with Crippen molar-refractivity contribution in [2.24, 2.45) is 0 Å². The van der Waals surface area contributed by atoms with E-state index in [1.54, 1.807) is 0 Å². The molecular weight excluding hydrogens is 154 g/mol. The van der Waals surface area contributed by atoms with E-state index in [9.17, 15) is 4.79 Å². The highest BCUT2D eigenvalue weighted by atomic mass is 16.5. The Labute approximate surface area is 73.0 Å². The Balaban J connectivity index is 2.45. The molecule has 0 spiro atoms. The van der Waals surface area contributed by atoms with Gasteiger partial charge in [0.25, 0.3) is 0 Å². The summed E-state index contributed by atoms with van der Waals surface area (Å²) < 4.78 is 5.30. The number of carbonyl (C=O) groups is 1. The van der Waals surface area contributed by atoms with Gasteiger partial charge in [-0.05, 0) is 12.6 Å². The summed E-state index contributed by atoms with van der Waals surface area (Å²) in [6.45, 7) is 8.79. The highest BCUT2D eigenvalue weighted by Gasteiger charge is 2.23. The van der Waals surface area contributed by atoms with Gasteiger partial charge in [-0.25, -0.2) is 0 Å². The van der Waals surface area contributed by atoms with Crippen LogP contribution in [0.3, 0.4) is 0 Å². The molecule has 0 amide bonds. The lowest BCUT2D eigenvalue weighted by molar-refractivity contribution is -0.131. The van der Waals surface area contributed by atoms with Gasteiger partial charge < -0.3 is 4.74 Å². The average molecular weight is 169 g/mol. The third-order valence-corrected chi connectivity index (χ3v) is 2.12. The van der Waals surface area contributed by atoms with Crippen LogP contribution in [0.1, 0.15) is 6.92 Å². The maximum absolute atomic E-state index is 11.2. The van der Waals surface area contributed by atoms with Gasteiger partial charge in [-0.3, -0.25) is 9.69 Å². The van der Waals surface area contributed by atoms with Crippen LogP contribution in [0.25, 0.3) is 0 Å². The van der Waals surface area contributed by atoms with Crippen LogP contribution in [0.4, 0.5) is 0 Å². The van der Waals surface area contributed by atoms with Crippen LogP contribution < -0.4 is 0 Å². The van der Waals surface area contributed by atoms with E-state index in [1.165, 1.54) is 6.08 Å². The normalized spacial score (nSPS) is 25.2. The first-order valence-corrected chi connectivity index (χ1v) is 4.28. The molecule has 0 bridgehead atoms. The summed E-state index contributed by atoms with van der Waals surface area (Å²) in [6, 6.07) is 0. The molecule has 0 aliphatic carbocycles. The summed E-state index contributed by atoms with van der Waals surface area (Å²) in [6.07, 6.45) is 1.06. The van der Waals surface area contributed by atoms with Crippen LogP contribution in [0, 0.1) is 0 Å². The van der Waals surface area contributed by atoms with Crippen molar-refractivity contribution in [2.45, 2.75) is 13.0 Å². The van der Waals surface area contributed by atoms with E-state index >= 15 is 0 Å². The maximum Gasteiger partial charge on any atom is 0.185 e. The monoisotopic (exact) mass is 169 g/mol. The Morgan fingerprint density at radius 1 is 1.83 bits per heavy atom. The summed E-state index contributed by atoms with van der Waals surface area (Å²) in [5, 5.41) is 0. The highest BCUT2D eigenvalue weighted by Crippen LogP contribution is 2.05. The number of ketones is 1. The van der Waals surface area contributed by atoms with Crippen molar-refractivity contribution >= 4 is 5.78 Å². The molecule has 0 saturated carbocycles. The van der Waals surface area contributed by atoms with Gasteiger partial charge in [-0.1, -0.05) is 13.5 Å². The molecule has 1 heterocycles. The predicted molar refractivity (Wildman–Crippen MR) is 47.1 cm³/mol. The summed E-state index contributed by atoms with van der Waals surface area (Å²) in [5.41, 5.74) is 0. The molecule has 1 atom stereocenters. The fraction of sp³-hybridized carbons (Fsp3) is 0.667. The number of likely N-dealkylation sites (N-methyl/N-ethyl adjacent to an activating group) is 1. The van der Waals surface area contributed by atoms with E-state index in [0.717, 1.165) is 13.1 Å². The summed E-state index contributed by atoms with van der Waals surface area (Å²) >= 11 is 0. The van der Waals surface area contributed by atoms with Gasteiger partial charge in [0, 0.05) is 13.1 Å². The lowest BCUT2D eigenvalue weighted by atomic mass is 10.2. The van der Waals surface area contributed by atoms with Crippen molar-refractivity contribution < 1.29 is 9.53 Å². The average Bonchev–Trinajstić information content (AvgIpc) is 2.17. The van der Waals surface area contributed by atoms with Crippen molar-refractivity contribution in [2.75, 3.05) is 26.2 Å². The van der Waals surface area contributed by atoms with Gasteiger partial charge in [0.05, 0.1) is 6.61 Å². The van der Waals surface area contributed by atoms with Crippen LogP contribution in [0.5, 0.6) is 0 Å². The van der Waals surface area contributed by atoms with E-state index in [-0.39, 0.29) is 11.9 Å². The molecule has 1 unspecified atom stereocenters. The number of hydrogen-bond acceptors (Lipinski definition) is 3. The lowest BCUT2D eigenvalue weighted by Crippen LogP contribution is -2.45. The predicted octanol–water partition coefficient (Wildman–Crippen LogP) is 0.462. The fourth-order valence-electron chi connectivity index (χ4n) is 1.29. The van der Waals surface area contributed by atoms with E-state index in [1.807, 2.05) is 0 Å². The molecule has 1 fully saturated rings. The van der Waals surface area contributed by atoms with Gasteiger partial charge in [-0.15, -0.1) is 0 Å². The topological polar surface area (TPSA) is 29.5 Å². The van der Waals surface area contributed by atoms with Crippen molar-refractivity contribution in [3.8, 4) is 0 Å². The SMILES string of the molecule is C=CC(=O)C1CN(CC)CCO1. The largest absolute Gasteiger partial charge is 0.367 e. The van der Waals surface area contributed by atoms with E-state index in [4.69, 9.17) is 4.74 Å². The molecule has 1 rings (SSSR count). The smallest absolute Gasteiger partial charge is 0.185 e. The molecule has 1 saturated heterocycles. The number of rotatable bonds is 3. The van der Waals surface area contributed by atoms with Gasteiger partial charge in [0.2, 0.25) is 0 Å². The minimum atomic E-state index is -0.281. The van der Waals surface area contributed by atoms with Crippen molar-refractivity contribution in [3.05, 3.63) is 12.7 Å². The van der Waals surface area contributed by atoms with Gasteiger partial charge in [0.15, 0.2) is 5.78 Å². The number of ether oxygens (including phenoxy) is 1. The van der Waals surface area contributed by atoms with Crippen LogP contribution in [-0.4, -0.2) is 43.0 Å². The standard InChI is InChI=1S/C9H15NO2/c1-3-8(11)9-7-10(4-2)5-6-12-9/h3,9H,1,4-7H2,2H3. The Kier molecular flexibility index (Phi) is 3.44. The number of nitrogens with zero attached hydrogens (tertiary/aromatic N) is 1. The molecule has 0 aromatic heterocycles. The lowest BCUT2D eigenvalue weighted by Gasteiger charge is -2.30. The first kappa shape index (κ1) is 9.42. The second-order valence-electron chi connectivity index (χ2n) is 2.86. The molecular formula is C9H15NO2. The quantitative estimate of drug-likeness (QED) is 0.575. The first-order chi connectivity index (χ1) is 5.77. The minimum Gasteiger partial charge on any atom is -0.367 e. The Bertz CT molecular complexity index is 179. The Morgan fingerprint density at radius 3 is 3.17 bits per heavy atom. The maximum atomic E-state index is 11.2. The van der Waals surface area contributed by atoms with Crippen LogP contribution >= 0.6 is 0 Å². The zero-order valence-electron chi connectivity index (χ0n) is 7.45. The van der Waals surface area contributed by atoms with Crippen molar-refractivity contribution in [1.29, 1.82) is 0 Å². The third kappa shape index (κ3) is 2.16. The Morgan fingerprint density at radius 2 is 2.58 bits per heavy atom. The molecule has 0 aromatic rings. The van der Waals surface area contributed by atoms with Gasteiger partial charge in [-0.2, -0.15) is 0 Å². The van der Waals surface area contributed by atoms with Crippen LogP contribution in [-0.2, 0) is 9.53 Å². The van der Waals surface area contributed by atoms with Gasteiger partial charge in [0.1, 0.15) is 6.10 Å². The van der Waals surface area contributed by atoms with E-state index < -0.39 is 0 Å². The molecule has 3 heteroatoms. The highest BCUT2D eigenvalue weighted by molar-refractivity contribution is 5.93. The summed E-state index contributed by atoms with van der Waals surface area (Å²) in [7, 11) is 0. The molecule has 1 aliphatic rings. The third-order valence-electron chi connectivity index (χ3n) is 2.12. The van der Waals surface area contributed by atoms with Crippen molar-refractivity contribution in [1.82, 2.24) is 4.90 Å². The van der Waals surface area contributed by atoms with Crippen LogP contribution in [0.15, 0.2) is 12.7 Å². The first-order valence-electron chi connectivity index (χ1n) is 4.28. The summed E-state index contributed by atoms with van der Waals surface area (Å²) in [4.78, 5) is 13.4. The molecule has 1 aliphatic heterocycles. The molecule has 0 aromatic carbocycles. The second-order valence-corrected chi connectivity index (χ2v) is 2.86. The minimum absolute atomic E-state index is 0.00634. The van der Waals surface area contributed by atoms with E-state index in [0.29, 0.717) is 13.2 Å².